The molecule has 0 unspecified atom stereocenters. The van der Waals surface area contributed by atoms with Gasteiger partial charge < -0.3 is 9.72 Å². The van der Waals surface area contributed by atoms with Crippen LogP contribution in [0.15, 0.2) is 34.0 Å². The van der Waals surface area contributed by atoms with Crippen molar-refractivity contribution in [2.75, 3.05) is 33.3 Å². The summed E-state index contributed by atoms with van der Waals surface area (Å²) in [5, 5.41) is 0.866. The summed E-state index contributed by atoms with van der Waals surface area (Å²) in [6.07, 6.45) is 0. The zero-order chi connectivity index (χ0) is 23.0. The van der Waals surface area contributed by atoms with Crippen LogP contribution in [0.25, 0.3) is 10.2 Å². The van der Waals surface area contributed by atoms with Crippen molar-refractivity contribution >= 4 is 49.1 Å². The Balaban J connectivity index is 1.48. The fraction of sp³-hybridized carbons (Fsp3) is 0.350. The largest absolute Gasteiger partial charge is 0.465 e. The van der Waals surface area contributed by atoms with Crippen molar-refractivity contribution in [1.29, 1.82) is 0 Å². The fourth-order valence-electron chi connectivity index (χ4n) is 3.65. The number of piperazine rings is 1. The molecule has 1 aliphatic rings. The van der Waals surface area contributed by atoms with Crippen molar-refractivity contribution in [1.82, 2.24) is 19.2 Å². The number of esters is 1. The number of carbonyl (C=O) groups excluding carboxylic acids is 1. The summed E-state index contributed by atoms with van der Waals surface area (Å²) in [6.45, 7) is 3.69. The van der Waals surface area contributed by atoms with Crippen LogP contribution in [0.1, 0.15) is 21.1 Å². The van der Waals surface area contributed by atoms with Gasteiger partial charge in [0.2, 0.25) is 10.0 Å². The average molecular weight is 497 g/mol. The van der Waals surface area contributed by atoms with Gasteiger partial charge in [0.25, 0.3) is 5.56 Å². The summed E-state index contributed by atoms with van der Waals surface area (Å²) in [5.41, 5.74) is 0.246. The van der Waals surface area contributed by atoms with Crippen molar-refractivity contribution < 1.29 is 17.9 Å². The molecule has 4 rings (SSSR count). The number of H-pyrrole nitrogens is 1. The molecule has 1 aromatic carbocycles. The number of nitrogens with one attached hydrogen (secondary N) is 1. The summed E-state index contributed by atoms with van der Waals surface area (Å²) in [6, 6.07) is 6.11. The van der Waals surface area contributed by atoms with Crippen LogP contribution in [0.2, 0.25) is 5.02 Å². The molecule has 1 N–H and O–H groups in total. The van der Waals surface area contributed by atoms with Gasteiger partial charge in [-0.25, -0.2) is 18.2 Å². The van der Waals surface area contributed by atoms with Crippen LogP contribution in [0.5, 0.6) is 0 Å². The van der Waals surface area contributed by atoms with E-state index in [1.54, 1.807) is 19.1 Å². The predicted octanol–water partition coefficient (Wildman–Crippen LogP) is 2.24. The van der Waals surface area contributed by atoms with Gasteiger partial charge in [0.15, 0.2) is 0 Å². The van der Waals surface area contributed by atoms with Crippen molar-refractivity contribution in [2.45, 2.75) is 18.4 Å². The predicted molar refractivity (Wildman–Crippen MR) is 122 cm³/mol. The van der Waals surface area contributed by atoms with Crippen molar-refractivity contribution in [3.8, 4) is 0 Å². The van der Waals surface area contributed by atoms with Crippen LogP contribution < -0.4 is 5.56 Å². The molecule has 0 radical (unpaired) electrons. The monoisotopic (exact) mass is 496 g/mol. The molecule has 0 bridgehead atoms. The van der Waals surface area contributed by atoms with Crippen molar-refractivity contribution in [3.05, 3.63) is 55.9 Å². The van der Waals surface area contributed by atoms with E-state index in [2.05, 4.69) is 9.97 Å². The minimum atomic E-state index is -3.59. The maximum Gasteiger partial charge on any atom is 0.348 e. The number of ether oxygens (including phenoxy) is 1. The Morgan fingerprint density at radius 1 is 1.22 bits per heavy atom. The Kier molecular flexibility index (Phi) is 6.37. The molecule has 1 aliphatic heterocycles. The quantitative estimate of drug-likeness (QED) is 0.539. The number of rotatable bonds is 5. The summed E-state index contributed by atoms with van der Waals surface area (Å²) in [4.78, 5) is 34.9. The lowest BCUT2D eigenvalue weighted by Crippen LogP contribution is -2.48. The van der Waals surface area contributed by atoms with Crippen LogP contribution in [0.4, 0.5) is 0 Å². The number of sulfonamides is 1. The number of thiophene rings is 1. The Labute approximate surface area is 193 Å². The number of nitrogens with zero attached hydrogens (tertiary/aromatic N) is 3. The van der Waals surface area contributed by atoms with Gasteiger partial charge in [-0.1, -0.05) is 11.6 Å². The van der Waals surface area contributed by atoms with E-state index in [0.717, 1.165) is 11.3 Å². The number of aromatic amines is 1. The first-order valence-corrected chi connectivity index (χ1v) is 12.4. The molecule has 9 nitrogen and oxygen atoms in total. The Bertz CT molecular complexity index is 1330. The van der Waals surface area contributed by atoms with Crippen LogP contribution >= 0.6 is 22.9 Å². The Hall–Kier alpha value is -2.31. The third-order valence-corrected chi connectivity index (χ3v) is 8.71. The number of hydrogen-bond donors (Lipinski definition) is 1. The van der Waals surface area contributed by atoms with Crippen molar-refractivity contribution in [3.63, 3.8) is 0 Å². The van der Waals surface area contributed by atoms with Gasteiger partial charge in [-0.2, -0.15) is 4.31 Å². The molecule has 1 fully saturated rings. The van der Waals surface area contributed by atoms with Gasteiger partial charge in [-0.3, -0.25) is 9.69 Å². The zero-order valence-corrected chi connectivity index (χ0v) is 19.8. The average Bonchev–Trinajstić information content (AvgIpc) is 3.10. The van der Waals surface area contributed by atoms with Crippen LogP contribution in [-0.4, -0.2) is 66.8 Å². The van der Waals surface area contributed by atoms with Gasteiger partial charge >= 0.3 is 5.97 Å². The first-order chi connectivity index (χ1) is 15.2. The Morgan fingerprint density at radius 2 is 1.88 bits per heavy atom. The molecule has 12 heteroatoms. The first kappa shape index (κ1) is 22.9. The molecule has 0 amide bonds. The molecular formula is C20H21ClN4O5S2. The second kappa shape index (κ2) is 8.91. The minimum absolute atomic E-state index is 0.210. The van der Waals surface area contributed by atoms with E-state index in [1.165, 1.54) is 23.5 Å². The zero-order valence-electron chi connectivity index (χ0n) is 17.4. The number of halogens is 1. The third kappa shape index (κ3) is 4.30. The summed E-state index contributed by atoms with van der Waals surface area (Å²) in [7, 11) is -2.30. The standard InChI is InChI=1S/C20H21ClN4O5S2/c1-12-16-18(26)22-15(23-19(16)31-17(12)20(27)30-2)11-24-7-9-25(10-8-24)32(28,29)14-5-3-13(21)4-6-14/h3-6H,7-11H2,1-2H3,(H,22,23,26). The lowest BCUT2D eigenvalue weighted by atomic mass is 10.2. The molecule has 1 saturated heterocycles. The van der Waals surface area contributed by atoms with Gasteiger partial charge in [-0.05, 0) is 36.8 Å². The molecule has 170 valence electrons. The van der Waals surface area contributed by atoms with Gasteiger partial charge in [0.1, 0.15) is 15.5 Å². The van der Waals surface area contributed by atoms with Crippen molar-refractivity contribution in [2.24, 2.45) is 0 Å². The number of fused-ring (bicyclic) bond motifs is 1. The van der Waals surface area contributed by atoms with E-state index in [1.807, 2.05) is 4.90 Å². The molecule has 0 saturated carbocycles. The molecule has 0 aliphatic carbocycles. The topological polar surface area (TPSA) is 113 Å². The normalized spacial score (nSPS) is 15.8. The molecule has 3 heterocycles. The lowest BCUT2D eigenvalue weighted by molar-refractivity contribution is 0.0605. The first-order valence-electron chi connectivity index (χ1n) is 9.79. The number of aromatic nitrogens is 2. The number of methoxy groups -OCH3 is 1. The fourth-order valence-corrected chi connectivity index (χ4v) is 6.31. The Morgan fingerprint density at radius 3 is 2.50 bits per heavy atom. The van der Waals surface area contributed by atoms with E-state index in [9.17, 15) is 18.0 Å². The maximum atomic E-state index is 12.8. The van der Waals surface area contributed by atoms with Crippen LogP contribution in [0, 0.1) is 6.92 Å². The number of hydrogen-bond acceptors (Lipinski definition) is 8. The van der Waals surface area contributed by atoms with Gasteiger partial charge in [0.05, 0.1) is 23.9 Å². The SMILES string of the molecule is COC(=O)c1sc2nc(CN3CCN(S(=O)(=O)c4ccc(Cl)cc4)CC3)[nH]c(=O)c2c1C. The highest BCUT2D eigenvalue weighted by Gasteiger charge is 2.29. The summed E-state index contributed by atoms with van der Waals surface area (Å²) in [5.74, 6) is -0.0290. The molecule has 0 atom stereocenters. The maximum absolute atomic E-state index is 12.8. The summed E-state index contributed by atoms with van der Waals surface area (Å²) >= 11 is 6.98. The second-order valence-electron chi connectivity index (χ2n) is 7.37. The summed E-state index contributed by atoms with van der Waals surface area (Å²) < 4.78 is 31.9. The highest BCUT2D eigenvalue weighted by atomic mass is 35.5. The lowest BCUT2D eigenvalue weighted by Gasteiger charge is -2.33. The van der Waals surface area contributed by atoms with E-state index < -0.39 is 16.0 Å². The number of benzene rings is 1. The van der Waals surface area contributed by atoms with Gasteiger partial charge in [0, 0.05) is 31.2 Å². The molecular weight excluding hydrogens is 476 g/mol. The third-order valence-electron chi connectivity index (χ3n) is 5.38. The molecule has 3 aromatic rings. The molecule has 0 spiro atoms. The number of aryl methyl sites for hydroxylation is 1. The second-order valence-corrected chi connectivity index (χ2v) is 10.7. The van der Waals surface area contributed by atoms with E-state index in [-0.39, 0.29) is 10.5 Å². The van der Waals surface area contributed by atoms with Crippen LogP contribution in [0.3, 0.4) is 0 Å². The van der Waals surface area contributed by atoms with E-state index >= 15 is 0 Å². The smallest absolute Gasteiger partial charge is 0.348 e. The van der Waals surface area contributed by atoms with Gasteiger partial charge in [-0.15, -0.1) is 11.3 Å². The number of carbonyl (C=O) groups is 1. The van der Waals surface area contributed by atoms with E-state index in [4.69, 9.17) is 16.3 Å². The highest BCUT2D eigenvalue weighted by molar-refractivity contribution is 7.89. The van der Waals surface area contributed by atoms with E-state index in [0.29, 0.717) is 64.2 Å². The van der Waals surface area contributed by atoms with Crippen LogP contribution in [-0.2, 0) is 21.3 Å². The highest BCUT2D eigenvalue weighted by Crippen LogP contribution is 2.27. The molecule has 2 aromatic heterocycles. The minimum Gasteiger partial charge on any atom is -0.465 e. The molecule has 32 heavy (non-hydrogen) atoms.